The summed E-state index contributed by atoms with van der Waals surface area (Å²) in [6, 6.07) is 0. The summed E-state index contributed by atoms with van der Waals surface area (Å²) in [7, 11) is 1.73. The molecule has 0 aromatic heterocycles. The molecular weight excluding hydrogens is 240 g/mol. The topological polar surface area (TPSA) is 55.6 Å². The smallest absolute Gasteiger partial charge is 0.227 e. The van der Waals surface area contributed by atoms with Gasteiger partial charge in [-0.1, -0.05) is 27.7 Å². The number of carbonyl (C=O) groups excluding carboxylic acids is 1. The second-order valence-corrected chi connectivity index (χ2v) is 7.02. The molecule has 1 rings (SSSR count). The van der Waals surface area contributed by atoms with Gasteiger partial charge in [0, 0.05) is 26.7 Å². The molecule has 3 unspecified atom stereocenters. The Morgan fingerprint density at radius 3 is 2.58 bits per heavy atom. The second-order valence-electron chi connectivity index (χ2n) is 7.02. The highest BCUT2D eigenvalue weighted by atomic mass is 16.5. The highest BCUT2D eigenvalue weighted by molar-refractivity contribution is 5.79. The van der Waals surface area contributed by atoms with E-state index in [-0.39, 0.29) is 23.3 Å². The van der Waals surface area contributed by atoms with Crippen LogP contribution in [0.25, 0.3) is 0 Å². The molecule has 112 valence electrons. The number of piperidine rings is 1. The van der Waals surface area contributed by atoms with Crippen molar-refractivity contribution < 1.29 is 9.53 Å². The van der Waals surface area contributed by atoms with Crippen molar-refractivity contribution in [3.8, 4) is 0 Å². The Labute approximate surface area is 117 Å². The van der Waals surface area contributed by atoms with Crippen LogP contribution in [0.15, 0.2) is 0 Å². The monoisotopic (exact) mass is 270 g/mol. The van der Waals surface area contributed by atoms with E-state index in [1.165, 1.54) is 0 Å². The largest absolute Gasteiger partial charge is 0.379 e. The van der Waals surface area contributed by atoms with Crippen molar-refractivity contribution in [2.24, 2.45) is 23.0 Å². The Bertz CT molecular complexity index is 299. The van der Waals surface area contributed by atoms with E-state index < -0.39 is 0 Å². The van der Waals surface area contributed by atoms with Gasteiger partial charge < -0.3 is 15.4 Å². The lowest BCUT2D eigenvalue weighted by Gasteiger charge is -2.38. The molecule has 1 saturated heterocycles. The van der Waals surface area contributed by atoms with Crippen LogP contribution in [0.2, 0.25) is 0 Å². The first kappa shape index (κ1) is 16.4. The fourth-order valence-corrected chi connectivity index (χ4v) is 2.81. The summed E-state index contributed by atoms with van der Waals surface area (Å²) < 4.78 is 5.47. The molecule has 4 nitrogen and oxygen atoms in total. The number of amides is 1. The van der Waals surface area contributed by atoms with Crippen molar-refractivity contribution in [3.63, 3.8) is 0 Å². The minimum absolute atomic E-state index is 0.0640. The van der Waals surface area contributed by atoms with Gasteiger partial charge in [-0.3, -0.25) is 4.79 Å². The highest BCUT2D eigenvalue weighted by Crippen LogP contribution is 2.27. The first-order chi connectivity index (χ1) is 8.78. The van der Waals surface area contributed by atoms with Gasteiger partial charge in [0.25, 0.3) is 0 Å². The van der Waals surface area contributed by atoms with Crippen LogP contribution in [-0.4, -0.2) is 43.7 Å². The lowest BCUT2D eigenvalue weighted by Crippen LogP contribution is -2.50. The molecular formula is C15H30N2O2. The number of carbonyl (C=O) groups is 1. The zero-order valence-corrected chi connectivity index (χ0v) is 13.1. The third kappa shape index (κ3) is 4.77. The summed E-state index contributed by atoms with van der Waals surface area (Å²) in [6.07, 6.45) is 2.01. The van der Waals surface area contributed by atoms with Crippen LogP contribution in [-0.2, 0) is 9.53 Å². The first-order valence-electron chi connectivity index (χ1n) is 7.30. The molecule has 1 amide bonds. The predicted octanol–water partition coefficient (Wildman–Crippen LogP) is 1.88. The van der Waals surface area contributed by atoms with Gasteiger partial charge in [0.05, 0.1) is 12.0 Å². The number of hydrogen-bond donors (Lipinski definition) is 1. The normalized spacial score (nSPS) is 26.3. The van der Waals surface area contributed by atoms with Crippen LogP contribution < -0.4 is 5.73 Å². The number of ether oxygens (including phenoxy) is 1. The van der Waals surface area contributed by atoms with E-state index >= 15 is 0 Å². The van der Waals surface area contributed by atoms with Gasteiger partial charge in [-0.25, -0.2) is 0 Å². The van der Waals surface area contributed by atoms with Gasteiger partial charge in [-0.2, -0.15) is 0 Å². The maximum absolute atomic E-state index is 12.6. The van der Waals surface area contributed by atoms with Crippen molar-refractivity contribution in [1.82, 2.24) is 4.90 Å². The summed E-state index contributed by atoms with van der Waals surface area (Å²) >= 11 is 0. The van der Waals surface area contributed by atoms with Crippen LogP contribution in [0, 0.1) is 17.3 Å². The minimum atomic E-state index is -0.0640. The molecule has 4 heteroatoms. The average Bonchev–Trinajstić information content (AvgIpc) is 2.34. The number of methoxy groups -OCH3 is 1. The number of likely N-dealkylation sites (tertiary alicyclic amines) is 1. The van der Waals surface area contributed by atoms with Gasteiger partial charge in [0.1, 0.15) is 0 Å². The van der Waals surface area contributed by atoms with Crippen molar-refractivity contribution in [2.75, 3.05) is 26.7 Å². The van der Waals surface area contributed by atoms with Gasteiger partial charge in [-0.15, -0.1) is 0 Å². The van der Waals surface area contributed by atoms with Gasteiger partial charge in [-0.05, 0) is 24.2 Å². The van der Waals surface area contributed by atoms with Crippen molar-refractivity contribution in [3.05, 3.63) is 0 Å². The van der Waals surface area contributed by atoms with Crippen LogP contribution in [0.5, 0.6) is 0 Å². The summed E-state index contributed by atoms with van der Waals surface area (Å²) in [5.41, 5.74) is 5.93. The van der Waals surface area contributed by atoms with E-state index in [0.717, 1.165) is 19.4 Å². The fourth-order valence-electron chi connectivity index (χ4n) is 2.81. The molecule has 3 atom stereocenters. The molecule has 1 aliphatic heterocycles. The summed E-state index contributed by atoms with van der Waals surface area (Å²) in [4.78, 5) is 14.5. The maximum atomic E-state index is 12.6. The molecule has 0 bridgehead atoms. The van der Waals surface area contributed by atoms with Crippen molar-refractivity contribution >= 4 is 5.91 Å². The van der Waals surface area contributed by atoms with Crippen molar-refractivity contribution in [1.29, 1.82) is 0 Å². The summed E-state index contributed by atoms with van der Waals surface area (Å²) in [5, 5.41) is 0. The molecule has 0 saturated carbocycles. The van der Waals surface area contributed by atoms with E-state index in [0.29, 0.717) is 19.0 Å². The van der Waals surface area contributed by atoms with E-state index in [1.54, 1.807) is 7.11 Å². The molecule has 1 fully saturated rings. The highest BCUT2D eigenvalue weighted by Gasteiger charge is 2.33. The predicted molar refractivity (Wildman–Crippen MR) is 77.8 cm³/mol. The molecule has 0 spiro atoms. The SMILES string of the molecule is COC1CN(C(=O)C(CN)CC(C)(C)C)CCC1C. The summed E-state index contributed by atoms with van der Waals surface area (Å²) in [5.74, 6) is 0.658. The Hall–Kier alpha value is -0.610. The quantitative estimate of drug-likeness (QED) is 0.848. The molecule has 1 heterocycles. The average molecular weight is 270 g/mol. The summed E-state index contributed by atoms with van der Waals surface area (Å²) in [6.45, 7) is 10.6. The molecule has 2 N–H and O–H groups in total. The Morgan fingerprint density at radius 2 is 2.11 bits per heavy atom. The Kier molecular flexibility index (Phi) is 5.81. The zero-order chi connectivity index (χ0) is 14.6. The molecule has 1 aliphatic rings. The van der Waals surface area contributed by atoms with E-state index in [1.807, 2.05) is 4.90 Å². The molecule has 0 aliphatic carbocycles. The number of hydrogen-bond acceptors (Lipinski definition) is 3. The maximum Gasteiger partial charge on any atom is 0.227 e. The standard InChI is InChI=1S/C15H30N2O2/c1-11-6-7-17(10-13(11)19-5)14(18)12(9-16)8-15(2,3)4/h11-13H,6-10,16H2,1-5H3. The molecule has 0 aromatic rings. The van der Waals surface area contributed by atoms with Crippen LogP contribution in [0.4, 0.5) is 0 Å². The fraction of sp³-hybridized carbons (Fsp3) is 0.933. The minimum Gasteiger partial charge on any atom is -0.379 e. The van der Waals surface area contributed by atoms with Crippen LogP contribution in [0.3, 0.4) is 0 Å². The molecule has 0 radical (unpaired) electrons. The molecule has 19 heavy (non-hydrogen) atoms. The number of nitrogens with two attached hydrogens (primary N) is 1. The molecule has 0 aromatic carbocycles. The first-order valence-corrected chi connectivity index (χ1v) is 7.30. The third-order valence-electron chi connectivity index (χ3n) is 4.00. The van der Waals surface area contributed by atoms with Gasteiger partial charge >= 0.3 is 0 Å². The van der Waals surface area contributed by atoms with Crippen molar-refractivity contribution in [2.45, 2.75) is 46.6 Å². The number of rotatable bonds is 4. The zero-order valence-electron chi connectivity index (χ0n) is 13.1. The second kappa shape index (κ2) is 6.71. The Morgan fingerprint density at radius 1 is 1.47 bits per heavy atom. The lowest BCUT2D eigenvalue weighted by atomic mass is 9.83. The third-order valence-corrected chi connectivity index (χ3v) is 4.00. The van der Waals surface area contributed by atoms with Crippen LogP contribution in [0.1, 0.15) is 40.5 Å². The lowest BCUT2D eigenvalue weighted by molar-refractivity contribution is -0.141. The number of nitrogens with zero attached hydrogens (tertiary/aromatic N) is 1. The Balaban J connectivity index is 2.65. The van der Waals surface area contributed by atoms with Crippen LogP contribution >= 0.6 is 0 Å². The van der Waals surface area contributed by atoms with E-state index in [9.17, 15) is 4.79 Å². The van der Waals surface area contributed by atoms with E-state index in [4.69, 9.17) is 10.5 Å². The van der Waals surface area contributed by atoms with E-state index in [2.05, 4.69) is 27.7 Å². The van der Waals surface area contributed by atoms with Gasteiger partial charge in [0.15, 0.2) is 0 Å². The van der Waals surface area contributed by atoms with Gasteiger partial charge in [0.2, 0.25) is 5.91 Å².